The summed E-state index contributed by atoms with van der Waals surface area (Å²) in [7, 11) is 0. The Morgan fingerprint density at radius 1 is 0.349 bits per heavy atom. The molecule has 1 unspecified atom stereocenters. The Kier molecular flexibility index (Phi) is 8.62. The topological polar surface area (TPSA) is 38.9 Å². The molecule has 3 nitrogen and oxygen atoms in total. The van der Waals surface area contributed by atoms with Crippen molar-refractivity contribution in [3.05, 3.63) is 241 Å². The van der Waals surface area contributed by atoms with E-state index in [1.54, 1.807) is 0 Å². The Balaban J connectivity index is 1.01. The molecule has 0 spiro atoms. The van der Waals surface area contributed by atoms with Gasteiger partial charge < -0.3 is 4.42 Å². The standard InChI is InChI=1S/C60H40N2O/c1-60(47-20-9-4-10-21-47)53-26-13-11-22-49(53)50-33-32-43(37-54(50)60)39-28-30-40(31-29-39)44-34-45(48-24-15-25-52-51-23-12-14-27-57(51)63-58(48)52)36-46(35-44)56-38-55(41-16-5-2-6-17-41)61-59(62-56)42-18-7-3-8-19-42/h2-38H,1H3. The van der Waals surface area contributed by atoms with Gasteiger partial charge in [-0.3, -0.25) is 0 Å². The van der Waals surface area contributed by atoms with Crippen LogP contribution in [0.15, 0.2) is 229 Å². The van der Waals surface area contributed by atoms with Crippen LogP contribution in [0.1, 0.15) is 23.6 Å². The number of benzene rings is 9. The number of nitrogens with zero attached hydrogens (tertiary/aromatic N) is 2. The molecule has 63 heavy (non-hydrogen) atoms. The highest BCUT2D eigenvalue weighted by Gasteiger charge is 2.40. The summed E-state index contributed by atoms with van der Waals surface area (Å²) in [4.78, 5) is 10.4. The van der Waals surface area contributed by atoms with E-state index in [9.17, 15) is 0 Å². The molecule has 3 heteroatoms. The quantitative estimate of drug-likeness (QED) is 0.161. The van der Waals surface area contributed by atoms with Crippen molar-refractivity contribution in [1.82, 2.24) is 9.97 Å². The Morgan fingerprint density at radius 3 is 1.68 bits per heavy atom. The van der Waals surface area contributed by atoms with Crippen molar-refractivity contribution in [3.8, 4) is 78.4 Å². The van der Waals surface area contributed by atoms with Crippen LogP contribution in [-0.2, 0) is 5.41 Å². The monoisotopic (exact) mass is 804 g/mol. The van der Waals surface area contributed by atoms with Gasteiger partial charge in [0.1, 0.15) is 11.2 Å². The zero-order valence-corrected chi connectivity index (χ0v) is 34.7. The number of rotatable bonds is 7. The van der Waals surface area contributed by atoms with Crippen LogP contribution in [0, 0.1) is 0 Å². The summed E-state index contributed by atoms with van der Waals surface area (Å²) in [6.07, 6.45) is 0. The van der Waals surface area contributed by atoms with E-state index in [0.29, 0.717) is 5.82 Å². The lowest BCUT2D eigenvalue weighted by Crippen LogP contribution is -2.22. The molecule has 0 amide bonds. The third-order valence-electron chi connectivity index (χ3n) is 13.0. The second-order valence-corrected chi connectivity index (χ2v) is 16.6. The molecule has 2 heterocycles. The molecule has 2 aromatic heterocycles. The number of aromatic nitrogens is 2. The molecule has 0 radical (unpaired) electrons. The third kappa shape index (κ3) is 6.20. The molecule has 9 aromatic carbocycles. The fourth-order valence-electron chi connectivity index (χ4n) is 9.75. The fourth-order valence-corrected chi connectivity index (χ4v) is 9.75. The summed E-state index contributed by atoms with van der Waals surface area (Å²) in [5, 5.41) is 2.21. The average Bonchev–Trinajstić information content (AvgIpc) is 3.87. The molecule has 1 atom stereocenters. The van der Waals surface area contributed by atoms with Gasteiger partial charge in [-0.2, -0.15) is 0 Å². The summed E-state index contributed by atoms with van der Waals surface area (Å²) < 4.78 is 6.62. The minimum Gasteiger partial charge on any atom is -0.455 e. The summed E-state index contributed by atoms with van der Waals surface area (Å²) in [5.41, 5.74) is 19.5. The van der Waals surface area contributed by atoms with Crippen LogP contribution in [0.4, 0.5) is 0 Å². The van der Waals surface area contributed by atoms with Crippen molar-refractivity contribution < 1.29 is 4.42 Å². The van der Waals surface area contributed by atoms with Gasteiger partial charge in [0, 0.05) is 38.4 Å². The first-order chi connectivity index (χ1) is 31.1. The zero-order valence-electron chi connectivity index (χ0n) is 34.7. The molecule has 0 saturated carbocycles. The molecule has 11 aromatic rings. The second-order valence-electron chi connectivity index (χ2n) is 16.6. The van der Waals surface area contributed by atoms with E-state index >= 15 is 0 Å². The van der Waals surface area contributed by atoms with E-state index in [1.165, 1.54) is 38.9 Å². The molecule has 1 aliphatic carbocycles. The maximum Gasteiger partial charge on any atom is 0.160 e. The molecule has 0 fully saturated rings. The van der Waals surface area contributed by atoms with E-state index in [0.717, 1.165) is 72.3 Å². The van der Waals surface area contributed by atoms with Gasteiger partial charge in [0.25, 0.3) is 0 Å². The molecule has 12 rings (SSSR count). The minimum atomic E-state index is -0.260. The lowest BCUT2D eigenvalue weighted by Gasteiger charge is -2.28. The number of hydrogen-bond acceptors (Lipinski definition) is 3. The largest absolute Gasteiger partial charge is 0.455 e. The van der Waals surface area contributed by atoms with Crippen LogP contribution < -0.4 is 0 Å². The van der Waals surface area contributed by atoms with Crippen molar-refractivity contribution in [3.63, 3.8) is 0 Å². The van der Waals surface area contributed by atoms with Gasteiger partial charge in [-0.25, -0.2) is 9.97 Å². The maximum atomic E-state index is 6.62. The van der Waals surface area contributed by atoms with E-state index in [-0.39, 0.29) is 5.41 Å². The van der Waals surface area contributed by atoms with Crippen LogP contribution in [-0.4, -0.2) is 9.97 Å². The van der Waals surface area contributed by atoms with Gasteiger partial charge in [0.05, 0.1) is 11.4 Å². The van der Waals surface area contributed by atoms with E-state index in [4.69, 9.17) is 14.4 Å². The molecule has 1 aliphatic rings. The van der Waals surface area contributed by atoms with Gasteiger partial charge >= 0.3 is 0 Å². The summed E-state index contributed by atoms with van der Waals surface area (Å²) >= 11 is 0. The minimum absolute atomic E-state index is 0.260. The van der Waals surface area contributed by atoms with E-state index < -0.39 is 0 Å². The van der Waals surface area contributed by atoms with Crippen molar-refractivity contribution in [2.45, 2.75) is 12.3 Å². The first-order valence-corrected chi connectivity index (χ1v) is 21.6. The van der Waals surface area contributed by atoms with E-state index in [2.05, 4.69) is 195 Å². The van der Waals surface area contributed by atoms with Gasteiger partial charge in [-0.15, -0.1) is 0 Å². The number of para-hydroxylation sites is 2. The molecule has 0 bridgehead atoms. The molecule has 0 saturated heterocycles. The predicted octanol–water partition coefficient (Wildman–Crippen LogP) is 15.7. The van der Waals surface area contributed by atoms with Crippen molar-refractivity contribution in [2.24, 2.45) is 0 Å². The highest BCUT2D eigenvalue weighted by Crippen LogP contribution is 2.53. The molecule has 0 N–H and O–H groups in total. The summed E-state index contributed by atoms with van der Waals surface area (Å²) in [6.45, 7) is 2.37. The SMILES string of the molecule is CC1(c2ccccc2)c2ccccc2-c2ccc(-c3ccc(-c4cc(-c5cc(-c6ccccc6)nc(-c6ccccc6)n5)cc(-c5cccc6c5oc5ccccc56)c4)cc3)cc21. The number of fused-ring (bicyclic) bond motifs is 6. The Labute approximate surface area is 366 Å². The predicted molar refractivity (Wildman–Crippen MR) is 259 cm³/mol. The van der Waals surface area contributed by atoms with Crippen LogP contribution >= 0.6 is 0 Å². The fraction of sp³-hybridized carbons (Fsp3) is 0.0333. The first kappa shape index (κ1) is 36.7. The smallest absolute Gasteiger partial charge is 0.160 e. The Morgan fingerprint density at radius 2 is 0.905 bits per heavy atom. The lowest BCUT2D eigenvalue weighted by atomic mass is 9.74. The summed E-state index contributed by atoms with van der Waals surface area (Å²) in [5.74, 6) is 0.684. The Bertz CT molecular complexity index is 3440. The van der Waals surface area contributed by atoms with Crippen LogP contribution in [0.5, 0.6) is 0 Å². The molecule has 0 aliphatic heterocycles. The average molecular weight is 805 g/mol. The van der Waals surface area contributed by atoms with Gasteiger partial charge in [-0.05, 0) is 99.0 Å². The molecule has 296 valence electrons. The second kappa shape index (κ2) is 14.8. The number of hydrogen-bond donors (Lipinski definition) is 0. The first-order valence-electron chi connectivity index (χ1n) is 21.6. The lowest BCUT2D eigenvalue weighted by molar-refractivity contribution is 0.670. The maximum absolute atomic E-state index is 6.62. The normalized spacial score (nSPS) is 14.2. The van der Waals surface area contributed by atoms with Gasteiger partial charge in [-0.1, -0.05) is 188 Å². The van der Waals surface area contributed by atoms with Crippen molar-refractivity contribution >= 4 is 21.9 Å². The molecular formula is C60H40N2O. The molecular weight excluding hydrogens is 765 g/mol. The third-order valence-corrected chi connectivity index (χ3v) is 13.0. The van der Waals surface area contributed by atoms with Crippen LogP contribution in [0.3, 0.4) is 0 Å². The van der Waals surface area contributed by atoms with Crippen LogP contribution in [0.2, 0.25) is 0 Å². The Hall–Kier alpha value is -8.14. The van der Waals surface area contributed by atoms with Crippen LogP contribution in [0.25, 0.3) is 100 Å². The van der Waals surface area contributed by atoms with Crippen molar-refractivity contribution in [2.75, 3.05) is 0 Å². The summed E-state index contributed by atoms with van der Waals surface area (Å²) in [6, 6.07) is 80.0. The van der Waals surface area contributed by atoms with Gasteiger partial charge in [0.15, 0.2) is 5.82 Å². The highest BCUT2D eigenvalue weighted by atomic mass is 16.3. The van der Waals surface area contributed by atoms with E-state index in [1.807, 2.05) is 36.4 Å². The number of furan rings is 1. The van der Waals surface area contributed by atoms with Crippen molar-refractivity contribution in [1.29, 1.82) is 0 Å². The van der Waals surface area contributed by atoms with Gasteiger partial charge in [0.2, 0.25) is 0 Å². The zero-order chi connectivity index (χ0) is 41.9. The highest BCUT2D eigenvalue weighted by molar-refractivity contribution is 6.10.